The van der Waals surface area contributed by atoms with Crippen LogP contribution in [0.15, 0.2) is 0 Å². The van der Waals surface area contributed by atoms with Crippen molar-refractivity contribution in [2.24, 2.45) is 5.92 Å². The van der Waals surface area contributed by atoms with Crippen molar-refractivity contribution >= 4 is 11.8 Å². The van der Waals surface area contributed by atoms with Crippen molar-refractivity contribution in [3.8, 4) is 0 Å². The summed E-state index contributed by atoms with van der Waals surface area (Å²) in [7, 11) is 0. The van der Waals surface area contributed by atoms with Crippen LogP contribution in [0.25, 0.3) is 0 Å². The molecule has 0 bridgehead atoms. The van der Waals surface area contributed by atoms with Crippen molar-refractivity contribution in [1.82, 2.24) is 5.32 Å². The van der Waals surface area contributed by atoms with E-state index in [-0.39, 0.29) is 0 Å². The molecule has 80 valence electrons. The SMILES string of the molecule is CCCCCSCC(C)CNCC. The maximum absolute atomic E-state index is 3.39. The van der Waals surface area contributed by atoms with E-state index >= 15 is 0 Å². The number of thioether (sulfide) groups is 1. The van der Waals surface area contributed by atoms with Crippen molar-refractivity contribution in [3.05, 3.63) is 0 Å². The first-order valence-electron chi connectivity index (χ1n) is 5.59. The van der Waals surface area contributed by atoms with E-state index < -0.39 is 0 Å². The Morgan fingerprint density at radius 1 is 1.23 bits per heavy atom. The highest BCUT2D eigenvalue weighted by Gasteiger charge is 2.00. The fourth-order valence-electron chi connectivity index (χ4n) is 1.19. The summed E-state index contributed by atoms with van der Waals surface area (Å²) in [4.78, 5) is 0. The van der Waals surface area contributed by atoms with Crippen molar-refractivity contribution in [1.29, 1.82) is 0 Å². The molecule has 0 saturated heterocycles. The van der Waals surface area contributed by atoms with Gasteiger partial charge in [0.05, 0.1) is 0 Å². The molecule has 0 aromatic rings. The summed E-state index contributed by atoms with van der Waals surface area (Å²) in [6.45, 7) is 9.04. The summed E-state index contributed by atoms with van der Waals surface area (Å²) in [5.74, 6) is 3.49. The molecule has 0 amide bonds. The Kier molecular flexibility index (Phi) is 10.6. The Morgan fingerprint density at radius 2 is 2.00 bits per heavy atom. The number of hydrogen-bond acceptors (Lipinski definition) is 2. The molecule has 0 fully saturated rings. The third kappa shape index (κ3) is 10.2. The van der Waals surface area contributed by atoms with Gasteiger partial charge in [-0.25, -0.2) is 0 Å². The molecule has 0 radical (unpaired) electrons. The monoisotopic (exact) mass is 203 g/mol. The summed E-state index contributed by atoms with van der Waals surface area (Å²) in [6.07, 6.45) is 4.14. The first-order valence-corrected chi connectivity index (χ1v) is 6.75. The lowest BCUT2D eigenvalue weighted by molar-refractivity contribution is 0.573. The molecular formula is C11H25NS. The smallest absolute Gasteiger partial charge is 0.00154 e. The minimum absolute atomic E-state index is 0.826. The van der Waals surface area contributed by atoms with Crippen LogP contribution in [0.5, 0.6) is 0 Å². The average Bonchev–Trinajstić information content (AvgIpc) is 2.14. The van der Waals surface area contributed by atoms with Gasteiger partial charge in [-0.05, 0) is 36.9 Å². The molecule has 0 saturated carbocycles. The summed E-state index contributed by atoms with van der Waals surface area (Å²) in [6, 6.07) is 0. The third-order valence-electron chi connectivity index (χ3n) is 2.04. The second-order valence-corrected chi connectivity index (χ2v) is 4.84. The molecule has 0 aliphatic rings. The predicted octanol–water partition coefficient (Wildman–Crippen LogP) is 3.16. The van der Waals surface area contributed by atoms with Crippen LogP contribution in [0.4, 0.5) is 0 Å². The number of unbranched alkanes of at least 4 members (excludes halogenated alkanes) is 2. The standard InChI is InChI=1S/C11H25NS/c1-4-6-7-8-13-10-11(3)9-12-5-2/h11-12H,4-10H2,1-3H3. The molecule has 13 heavy (non-hydrogen) atoms. The molecule has 2 heteroatoms. The average molecular weight is 203 g/mol. The minimum Gasteiger partial charge on any atom is -0.317 e. The second-order valence-electron chi connectivity index (χ2n) is 3.69. The number of nitrogens with one attached hydrogen (secondary N) is 1. The lowest BCUT2D eigenvalue weighted by Gasteiger charge is -2.10. The maximum atomic E-state index is 3.39. The summed E-state index contributed by atoms with van der Waals surface area (Å²) >= 11 is 2.11. The second kappa shape index (κ2) is 10.4. The zero-order chi connectivity index (χ0) is 9.94. The zero-order valence-electron chi connectivity index (χ0n) is 9.44. The van der Waals surface area contributed by atoms with Crippen LogP contribution in [0.2, 0.25) is 0 Å². The van der Waals surface area contributed by atoms with E-state index in [1.807, 2.05) is 0 Å². The Bertz CT molecular complexity index is 96.1. The van der Waals surface area contributed by atoms with E-state index in [4.69, 9.17) is 0 Å². The van der Waals surface area contributed by atoms with Gasteiger partial charge >= 0.3 is 0 Å². The molecule has 1 unspecified atom stereocenters. The van der Waals surface area contributed by atoms with Crippen LogP contribution in [-0.4, -0.2) is 24.6 Å². The van der Waals surface area contributed by atoms with E-state index in [0.717, 1.165) is 12.5 Å². The molecule has 0 aromatic heterocycles. The van der Waals surface area contributed by atoms with Crippen LogP contribution >= 0.6 is 11.8 Å². The molecule has 0 rings (SSSR count). The van der Waals surface area contributed by atoms with Gasteiger partial charge < -0.3 is 5.32 Å². The van der Waals surface area contributed by atoms with Crippen molar-refractivity contribution in [2.75, 3.05) is 24.6 Å². The van der Waals surface area contributed by atoms with Gasteiger partial charge in [0, 0.05) is 0 Å². The fraction of sp³-hybridized carbons (Fsp3) is 1.00. The highest BCUT2D eigenvalue weighted by molar-refractivity contribution is 7.99. The Balaban J connectivity index is 3.03. The molecule has 0 aliphatic carbocycles. The Hall–Kier alpha value is 0.310. The number of hydrogen-bond donors (Lipinski definition) is 1. The van der Waals surface area contributed by atoms with Crippen molar-refractivity contribution in [2.45, 2.75) is 40.0 Å². The van der Waals surface area contributed by atoms with E-state index in [2.05, 4.69) is 37.8 Å². The van der Waals surface area contributed by atoms with Crippen LogP contribution in [0, 0.1) is 5.92 Å². The fourth-order valence-corrected chi connectivity index (χ4v) is 2.28. The largest absolute Gasteiger partial charge is 0.317 e. The molecule has 1 atom stereocenters. The Labute approximate surface area is 88.1 Å². The van der Waals surface area contributed by atoms with Crippen molar-refractivity contribution < 1.29 is 0 Å². The molecule has 0 aliphatic heterocycles. The third-order valence-corrected chi connectivity index (χ3v) is 3.42. The van der Waals surface area contributed by atoms with Crippen LogP contribution < -0.4 is 5.32 Å². The topological polar surface area (TPSA) is 12.0 Å². The van der Waals surface area contributed by atoms with Gasteiger partial charge in [0.25, 0.3) is 0 Å². The van der Waals surface area contributed by atoms with Crippen LogP contribution in [0.3, 0.4) is 0 Å². The van der Waals surface area contributed by atoms with Gasteiger partial charge in [-0.15, -0.1) is 0 Å². The van der Waals surface area contributed by atoms with E-state index in [1.54, 1.807) is 0 Å². The van der Waals surface area contributed by atoms with E-state index in [9.17, 15) is 0 Å². The zero-order valence-corrected chi connectivity index (χ0v) is 10.3. The van der Waals surface area contributed by atoms with E-state index in [1.165, 1.54) is 37.3 Å². The molecule has 0 heterocycles. The highest BCUT2D eigenvalue weighted by atomic mass is 32.2. The van der Waals surface area contributed by atoms with Gasteiger partial charge in [-0.1, -0.05) is 33.6 Å². The van der Waals surface area contributed by atoms with Gasteiger partial charge in [0.1, 0.15) is 0 Å². The summed E-state index contributed by atoms with van der Waals surface area (Å²) in [5.41, 5.74) is 0. The minimum atomic E-state index is 0.826. The normalized spacial score (nSPS) is 13.2. The lowest BCUT2D eigenvalue weighted by Crippen LogP contribution is -2.21. The highest BCUT2D eigenvalue weighted by Crippen LogP contribution is 2.10. The lowest BCUT2D eigenvalue weighted by atomic mass is 10.2. The molecule has 0 spiro atoms. The van der Waals surface area contributed by atoms with Crippen molar-refractivity contribution in [3.63, 3.8) is 0 Å². The quantitative estimate of drug-likeness (QED) is 0.578. The summed E-state index contributed by atoms with van der Waals surface area (Å²) in [5, 5.41) is 3.39. The molecule has 0 aromatic carbocycles. The Morgan fingerprint density at radius 3 is 2.62 bits per heavy atom. The van der Waals surface area contributed by atoms with Crippen LogP contribution in [0.1, 0.15) is 40.0 Å². The molecule has 1 nitrogen and oxygen atoms in total. The van der Waals surface area contributed by atoms with Crippen LogP contribution in [-0.2, 0) is 0 Å². The van der Waals surface area contributed by atoms with Gasteiger partial charge in [0.2, 0.25) is 0 Å². The van der Waals surface area contributed by atoms with E-state index in [0.29, 0.717) is 0 Å². The predicted molar refractivity (Wildman–Crippen MR) is 64.6 cm³/mol. The molecular weight excluding hydrogens is 178 g/mol. The van der Waals surface area contributed by atoms with Gasteiger partial charge in [0.15, 0.2) is 0 Å². The first kappa shape index (κ1) is 13.3. The van der Waals surface area contributed by atoms with Gasteiger partial charge in [-0.2, -0.15) is 11.8 Å². The number of rotatable bonds is 9. The first-order chi connectivity index (χ1) is 6.31. The van der Waals surface area contributed by atoms with Gasteiger partial charge in [-0.3, -0.25) is 0 Å². The molecule has 1 N–H and O–H groups in total. The summed E-state index contributed by atoms with van der Waals surface area (Å²) < 4.78 is 0. The maximum Gasteiger partial charge on any atom is -0.00154 e.